The number of carbonyl (C=O) groups is 1. The smallest absolute Gasteiger partial charge is 0.309 e. The zero-order valence-corrected chi connectivity index (χ0v) is 10.4. The number of aliphatic carboxylic acids is 1. The number of ether oxygens (including phenoxy) is 1. The van der Waals surface area contributed by atoms with Gasteiger partial charge in [-0.15, -0.1) is 0 Å². The Balaban J connectivity index is 3.58. The van der Waals surface area contributed by atoms with Crippen molar-refractivity contribution in [3.8, 4) is 0 Å². The van der Waals surface area contributed by atoms with Crippen molar-refractivity contribution >= 4 is 5.97 Å². The first-order chi connectivity index (χ1) is 6.90. The van der Waals surface area contributed by atoms with E-state index in [-0.39, 0.29) is 0 Å². The molecule has 0 aromatic rings. The average Bonchev–Trinajstić information content (AvgIpc) is 2.13. The first-order valence-electron chi connectivity index (χ1n) is 5.71. The van der Waals surface area contributed by atoms with Crippen molar-refractivity contribution in [1.29, 1.82) is 0 Å². The van der Waals surface area contributed by atoms with Crippen molar-refractivity contribution < 1.29 is 14.6 Å². The summed E-state index contributed by atoms with van der Waals surface area (Å²) < 4.78 is 5.47. The molecule has 0 saturated carbocycles. The summed E-state index contributed by atoms with van der Waals surface area (Å²) in [4.78, 5) is 10.8. The molecule has 90 valence electrons. The molecule has 0 aliphatic rings. The maximum absolute atomic E-state index is 10.8. The van der Waals surface area contributed by atoms with Crippen molar-refractivity contribution in [2.45, 2.75) is 47.0 Å². The fourth-order valence-corrected chi connectivity index (χ4v) is 1.29. The van der Waals surface area contributed by atoms with Crippen molar-refractivity contribution in [2.24, 2.45) is 11.3 Å². The summed E-state index contributed by atoms with van der Waals surface area (Å²) in [7, 11) is 0. The maximum Gasteiger partial charge on any atom is 0.309 e. The molecule has 15 heavy (non-hydrogen) atoms. The second-order valence-corrected chi connectivity index (χ2v) is 4.91. The summed E-state index contributed by atoms with van der Waals surface area (Å²) >= 11 is 0. The molecule has 0 aliphatic carbocycles. The summed E-state index contributed by atoms with van der Waals surface area (Å²) in [6.45, 7) is 9.05. The van der Waals surface area contributed by atoms with E-state index in [0.717, 1.165) is 6.61 Å². The van der Waals surface area contributed by atoms with E-state index < -0.39 is 11.4 Å². The highest BCUT2D eigenvalue weighted by molar-refractivity contribution is 5.73. The summed E-state index contributed by atoms with van der Waals surface area (Å²) in [6, 6.07) is 0. The van der Waals surface area contributed by atoms with E-state index in [1.165, 1.54) is 12.8 Å². The molecule has 0 aromatic carbocycles. The Morgan fingerprint density at radius 3 is 2.53 bits per heavy atom. The lowest BCUT2D eigenvalue weighted by molar-refractivity contribution is -0.148. The topological polar surface area (TPSA) is 46.5 Å². The van der Waals surface area contributed by atoms with Gasteiger partial charge in [0.2, 0.25) is 0 Å². The maximum atomic E-state index is 10.8. The Morgan fingerprint density at radius 1 is 1.47 bits per heavy atom. The minimum absolute atomic E-state index is 0.535. The van der Waals surface area contributed by atoms with Gasteiger partial charge in [0.15, 0.2) is 0 Å². The molecule has 1 unspecified atom stereocenters. The predicted octanol–water partition coefficient (Wildman–Crippen LogP) is 2.94. The third kappa shape index (κ3) is 6.50. The number of carboxylic acid groups (broad SMARTS) is 1. The second kappa shape index (κ2) is 6.83. The number of hydrogen-bond acceptors (Lipinski definition) is 2. The van der Waals surface area contributed by atoms with Gasteiger partial charge < -0.3 is 9.84 Å². The average molecular weight is 216 g/mol. The first-order valence-corrected chi connectivity index (χ1v) is 5.71. The molecule has 1 atom stereocenters. The van der Waals surface area contributed by atoms with Gasteiger partial charge in [-0.2, -0.15) is 0 Å². The highest BCUT2D eigenvalue weighted by Gasteiger charge is 2.26. The fourth-order valence-electron chi connectivity index (χ4n) is 1.29. The second-order valence-electron chi connectivity index (χ2n) is 4.91. The van der Waals surface area contributed by atoms with Gasteiger partial charge in [-0.1, -0.05) is 20.3 Å². The van der Waals surface area contributed by atoms with E-state index in [4.69, 9.17) is 9.84 Å². The lowest BCUT2D eigenvalue weighted by Gasteiger charge is -2.19. The van der Waals surface area contributed by atoms with E-state index in [9.17, 15) is 4.79 Å². The molecular formula is C12H24O3. The molecule has 0 fully saturated rings. The van der Waals surface area contributed by atoms with Gasteiger partial charge in [-0.25, -0.2) is 0 Å². The van der Waals surface area contributed by atoms with E-state index >= 15 is 0 Å². The lowest BCUT2D eigenvalue weighted by Crippen LogP contribution is -2.25. The van der Waals surface area contributed by atoms with Crippen LogP contribution in [0.25, 0.3) is 0 Å². The molecule has 0 spiro atoms. The summed E-state index contributed by atoms with van der Waals surface area (Å²) in [5, 5.41) is 8.88. The van der Waals surface area contributed by atoms with E-state index in [1.807, 2.05) is 0 Å². The van der Waals surface area contributed by atoms with Crippen LogP contribution in [0, 0.1) is 11.3 Å². The number of rotatable bonds is 8. The Labute approximate surface area is 92.8 Å². The van der Waals surface area contributed by atoms with E-state index in [0.29, 0.717) is 18.9 Å². The third-order valence-corrected chi connectivity index (χ3v) is 2.63. The van der Waals surface area contributed by atoms with Gasteiger partial charge >= 0.3 is 5.97 Å². The van der Waals surface area contributed by atoms with E-state index in [1.54, 1.807) is 13.8 Å². The minimum atomic E-state index is -0.757. The van der Waals surface area contributed by atoms with Crippen LogP contribution in [-0.4, -0.2) is 24.3 Å². The van der Waals surface area contributed by atoms with Crippen molar-refractivity contribution in [3.05, 3.63) is 0 Å². The standard InChI is InChI=1S/C12H24O3/c1-5-6-10(2)9-15-8-7-12(3,4)11(13)14/h10H,5-9H2,1-4H3,(H,13,14). The number of hydrogen-bond donors (Lipinski definition) is 1. The van der Waals surface area contributed by atoms with Gasteiger partial charge in [0, 0.05) is 13.2 Å². The van der Waals surface area contributed by atoms with Crippen LogP contribution >= 0.6 is 0 Å². The minimum Gasteiger partial charge on any atom is -0.481 e. The Hall–Kier alpha value is -0.570. The van der Waals surface area contributed by atoms with Gasteiger partial charge in [0.25, 0.3) is 0 Å². The zero-order valence-electron chi connectivity index (χ0n) is 10.4. The van der Waals surface area contributed by atoms with Crippen LogP contribution in [0.5, 0.6) is 0 Å². The van der Waals surface area contributed by atoms with Gasteiger partial charge in [-0.05, 0) is 32.6 Å². The predicted molar refractivity (Wildman–Crippen MR) is 60.9 cm³/mol. The van der Waals surface area contributed by atoms with Crippen LogP contribution in [0.1, 0.15) is 47.0 Å². The molecule has 0 aliphatic heterocycles. The Bertz CT molecular complexity index is 187. The summed E-state index contributed by atoms with van der Waals surface area (Å²) in [6.07, 6.45) is 2.91. The molecule has 0 bridgehead atoms. The SMILES string of the molecule is CCCC(C)COCCC(C)(C)C(=O)O. The fraction of sp³-hybridized carbons (Fsp3) is 0.917. The lowest BCUT2D eigenvalue weighted by atomic mass is 9.90. The van der Waals surface area contributed by atoms with Crippen LogP contribution < -0.4 is 0 Å². The highest BCUT2D eigenvalue weighted by Crippen LogP contribution is 2.20. The molecule has 1 N–H and O–H groups in total. The van der Waals surface area contributed by atoms with Crippen molar-refractivity contribution in [1.82, 2.24) is 0 Å². The molecule has 0 radical (unpaired) electrons. The largest absolute Gasteiger partial charge is 0.481 e. The summed E-state index contributed by atoms with van der Waals surface area (Å²) in [5.41, 5.74) is -0.673. The molecule has 0 rings (SSSR count). The van der Waals surface area contributed by atoms with Crippen LogP contribution in [0.15, 0.2) is 0 Å². The van der Waals surface area contributed by atoms with Crippen LogP contribution in [-0.2, 0) is 9.53 Å². The molecule has 0 aromatic heterocycles. The zero-order chi connectivity index (χ0) is 11.9. The molecule has 3 nitrogen and oxygen atoms in total. The van der Waals surface area contributed by atoms with Gasteiger partial charge in [0.1, 0.15) is 0 Å². The van der Waals surface area contributed by atoms with Crippen LogP contribution in [0.2, 0.25) is 0 Å². The molecule has 0 heterocycles. The van der Waals surface area contributed by atoms with Gasteiger partial charge in [0.05, 0.1) is 5.41 Å². The third-order valence-electron chi connectivity index (χ3n) is 2.63. The molecule has 0 amide bonds. The highest BCUT2D eigenvalue weighted by atomic mass is 16.5. The van der Waals surface area contributed by atoms with Gasteiger partial charge in [-0.3, -0.25) is 4.79 Å². The number of carboxylic acids is 1. The quantitative estimate of drug-likeness (QED) is 0.634. The first kappa shape index (κ1) is 14.4. The molecule has 0 saturated heterocycles. The Kier molecular flexibility index (Phi) is 6.57. The molecule has 3 heteroatoms. The monoisotopic (exact) mass is 216 g/mol. The molecular weight excluding hydrogens is 192 g/mol. The van der Waals surface area contributed by atoms with Crippen molar-refractivity contribution in [3.63, 3.8) is 0 Å². The summed E-state index contributed by atoms with van der Waals surface area (Å²) in [5.74, 6) is -0.185. The van der Waals surface area contributed by atoms with E-state index in [2.05, 4.69) is 13.8 Å². The normalized spacial score (nSPS) is 13.9. The van der Waals surface area contributed by atoms with Crippen molar-refractivity contribution in [2.75, 3.05) is 13.2 Å². The Morgan fingerprint density at radius 2 is 2.07 bits per heavy atom. The van der Waals surface area contributed by atoms with Crippen LogP contribution in [0.3, 0.4) is 0 Å². The van der Waals surface area contributed by atoms with Crippen LogP contribution in [0.4, 0.5) is 0 Å².